The second-order valence-electron chi connectivity index (χ2n) is 2.79. The highest BCUT2D eigenvalue weighted by Crippen LogP contribution is 2.04. The van der Waals surface area contributed by atoms with Crippen LogP contribution in [-0.4, -0.2) is 31.3 Å². The first-order chi connectivity index (χ1) is 6.09. The van der Waals surface area contributed by atoms with Gasteiger partial charge in [0.15, 0.2) is 6.10 Å². The lowest BCUT2D eigenvalue weighted by Gasteiger charge is -2.07. The number of hydrogen-bond acceptors (Lipinski definition) is 4. The predicted molar refractivity (Wildman–Crippen MR) is 44.0 cm³/mol. The van der Waals surface area contributed by atoms with Crippen molar-refractivity contribution in [2.75, 3.05) is 13.2 Å². The Kier molecular flexibility index (Phi) is 2.89. The Bertz CT molecular complexity index is 249. The minimum atomic E-state index is -0.686. The van der Waals surface area contributed by atoms with E-state index >= 15 is 0 Å². The van der Waals surface area contributed by atoms with Crippen molar-refractivity contribution >= 4 is 12.1 Å². The quantitative estimate of drug-likeness (QED) is 0.504. The van der Waals surface area contributed by atoms with Gasteiger partial charge in [0, 0.05) is 5.57 Å². The van der Waals surface area contributed by atoms with Crippen molar-refractivity contribution in [3.63, 3.8) is 0 Å². The van der Waals surface area contributed by atoms with Crippen LogP contribution >= 0.6 is 0 Å². The van der Waals surface area contributed by atoms with E-state index in [0.29, 0.717) is 5.57 Å². The number of amides is 1. The van der Waals surface area contributed by atoms with Crippen LogP contribution in [0.15, 0.2) is 12.2 Å². The molecule has 5 heteroatoms. The minimum absolute atomic E-state index is 0.190. The van der Waals surface area contributed by atoms with Crippen molar-refractivity contribution in [2.24, 2.45) is 0 Å². The fourth-order valence-corrected chi connectivity index (χ4v) is 0.823. The molecule has 72 valence electrons. The van der Waals surface area contributed by atoms with Crippen molar-refractivity contribution < 1.29 is 19.1 Å². The van der Waals surface area contributed by atoms with Gasteiger partial charge in [-0.05, 0) is 6.92 Å². The van der Waals surface area contributed by atoms with Gasteiger partial charge in [-0.1, -0.05) is 6.58 Å². The molecule has 1 rings (SSSR count). The van der Waals surface area contributed by atoms with Gasteiger partial charge < -0.3 is 14.8 Å². The van der Waals surface area contributed by atoms with Crippen molar-refractivity contribution in [1.82, 2.24) is 5.32 Å². The molecule has 0 radical (unpaired) electrons. The molecule has 0 aromatic carbocycles. The smallest absolute Gasteiger partial charge is 0.430 e. The highest BCUT2D eigenvalue weighted by molar-refractivity contribution is 5.92. The minimum Gasteiger partial charge on any atom is -0.430 e. The van der Waals surface area contributed by atoms with Crippen LogP contribution in [0.2, 0.25) is 0 Å². The van der Waals surface area contributed by atoms with Gasteiger partial charge in [0.2, 0.25) is 5.91 Å². The lowest BCUT2D eigenvalue weighted by molar-refractivity contribution is -0.117. The van der Waals surface area contributed by atoms with Gasteiger partial charge in [0.25, 0.3) is 0 Å². The Morgan fingerprint density at radius 1 is 1.77 bits per heavy atom. The molecule has 1 fully saturated rings. The summed E-state index contributed by atoms with van der Waals surface area (Å²) in [5, 5.41) is 2.55. The Morgan fingerprint density at radius 3 is 2.92 bits per heavy atom. The van der Waals surface area contributed by atoms with E-state index in [1.807, 2.05) is 0 Å². The van der Waals surface area contributed by atoms with E-state index < -0.39 is 6.16 Å². The third-order valence-corrected chi connectivity index (χ3v) is 1.53. The van der Waals surface area contributed by atoms with Gasteiger partial charge in [0.1, 0.15) is 6.61 Å². The first-order valence-electron chi connectivity index (χ1n) is 3.86. The molecule has 1 amide bonds. The van der Waals surface area contributed by atoms with Gasteiger partial charge in [-0.3, -0.25) is 4.79 Å². The predicted octanol–water partition coefficient (Wildman–Crippen LogP) is 0.214. The maximum atomic E-state index is 11.0. The van der Waals surface area contributed by atoms with Crippen LogP contribution in [-0.2, 0) is 14.3 Å². The Hall–Kier alpha value is -1.52. The molecule has 13 heavy (non-hydrogen) atoms. The summed E-state index contributed by atoms with van der Waals surface area (Å²) >= 11 is 0. The summed E-state index contributed by atoms with van der Waals surface area (Å²) in [7, 11) is 0. The standard InChI is InChI=1S/C8H11NO4/c1-5(2)7(10)9-3-6-4-12-8(11)13-6/h6H,1,3-4H2,2H3,(H,9,10). The molecule has 5 nitrogen and oxygen atoms in total. The van der Waals surface area contributed by atoms with Crippen LogP contribution in [0.3, 0.4) is 0 Å². The molecule has 0 aromatic heterocycles. The van der Waals surface area contributed by atoms with Gasteiger partial charge in [-0.25, -0.2) is 4.79 Å². The fraction of sp³-hybridized carbons (Fsp3) is 0.500. The number of carbonyl (C=O) groups is 2. The largest absolute Gasteiger partial charge is 0.508 e. The van der Waals surface area contributed by atoms with E-state index in [1.54, 1.807) is 6.92 Å². The van der Waals surface area contributed by atoms with E-state index in [0.717, 1.165) is 0 Å². The van der Waals surface area contributed by atoms with Crippen LogP contribution in [0.5, 0.6) is 0 Å². The number of rotatable bonds is 3. The summed E-state index contributed by atoms with van der Waals surface area (Å²) in [6, 6.07) is 0. The molecular formula is C8H11NO4. The van der Waals surface area contributed by atoms with Crippen LogP contribution in [0.1, 0.15) is 6.92 Å². The number of cyclic esters (lactones) is 2. The van der Waals surface area contributed by atoms with Gasteiger partial charge in [-0.2, -0.15) is 0 Å². The highest BCUT2D eigenvalue weighted by atomic mass is 16.8. The second-order valence-corrected chi connectivity index (χ2v) is 2.79. The molecule has 0 saturated carbocycles. The Morgan fingerprint density at radius 2 is 2.46 bits per heavy atom. The topological polar surface area (TPSA) is 64.6 Å². The maximum absolute atomic E-state index is 11.0. The SMILES string of the molecule is C=C(C)C(=O)NCC1COC(=O)O1. The summed E-state index contributed by atoms with van der Waals surface area (Å²) in [5.74, 6) is -0.247. The van der Waals surface area contributed by atoms with Crippen molar-refractivity contribution in [1.29, 1.82) is 0 Å². The Balaban J connectivity index is 2.23. The van der Waals surface area contributed by atoms with Crippen molar-refractivity contribution in [2.45, 2.75) is 13.0 Å². The van der Waals surface area contributed by atoms with E-state index in [1.165, 1.54) is 0 Å². The Labute approximate surface area is 75.7 Å². The highest BCUT2D eigenvalue weighted by Gasteiger charge is 2.24. The molecule has 1 heterocycles. The summed E-state index contributed by atoms with van der Waals surface area (Å²) in [4.78, 5) is 21.4. The summed E-state index contributed by atoms with van der Waals surface area (Å²) < 4.78 is 9.21. The molecule has 1 N–H and O–H groups in total. The van der Waals surface area contributed by atoms with E-state index in [2.05, 4.69) is 21.4 Å². The zero-order valence-corrected chi connectivity index (χ0v) is 7.33. The average molecular weight is 185 g/mol. The third-order valence-electron chi connectivity index (χ3n) is 1.53. The molecular weight excluding hydrogens is 174 g/mol. The molecule has 1 aliphatic rings. The first-order valence-corrected chi connectivity index (χ1v) is 3.86. The van der Waals surface area contributed by atoms with Crippen molar-refractivity contribution in [3.8, 4) is 0 Å². The van der Waals surface area contributed by atoms with Gasteiger partial charge in [0.05, 0.1) is 6.54 Å². The van der Waals surface area contributed by atoms with E-state index in [4.69, 9.17) is 0 Å². The van der Waals surface area contributed by atoms with Gasteiger partial charge >= 0.3 is 6.16 Å². The van der Waals surface area contributed by atoms with Gasteiger partial charge in [-0.15, -0.1) is 0 Å². The van der Waals surface area contributed by atoms with Crippen molar-refractivity contribution in [3.05, 3.63) is 12.2 Å². The molecule has 1 unspecified atom stereocenters. The fourth-order valence-electron chi connectivity index (χ4n) is 0.823. The van der Waals surface area contributed by atoms with E-state index in [9.17, 15) is 9.59 Å². The normalized spacial score (nSPS) is 20.4. The van der Waals surface area contributed by atoms with Crippen LogP contribution < -0.4 is 5.32 Å². The van der Waals surface area contributed by atoms with E-state index in [-0.39, 0.29) is 25.2 Å². The van der Waals surface area contributed by atoms with Crippen LogP contribution in [0.4, 0.5) is 4.79 Å². The molecule has 1 aliphatic heterocycles. The zero-order valence-electron chi connectivity index (χ0n) is 7.33. The number of ether oxygens (including phenoxy) is 2. The van der Waals surface area contributed by atoms with Crippen LogP contribution in [0, 0.1) is 0 Å². The lowest BCUT2D eigenvalue weighted by atomic mass is 10.3. The second kappa shape index (κ2) is 3.93. The van der Waals surface area contributed by atoms with Crippen LogP contribution in [0.25, 0.3) is 0 Å². The summed E-state index contributed by atoms with van der Waals surface area (Å²) in [6.45, 7) is 5.52. The number of carbonyl (C=O) groups excluding carboxylic acids is 2. The molecule has 1 atom stereocenters. The molecule has 1 saturated heterocycles. The number of hydrogen-bond donors (Lipinski definition) is 1. The average Bonchev–Trinajstić information content (AvgIpc) is 2.47. The molecule has 0 bridgehead atoms. The number of nitrogens with one attached hydrogen (secondary N) is 1. The third kappa shape index (κ3) is 2.77. The first kappa shape index (κ1) is 9.57. The molecule has 0 aromatic rings. The molecule has 0 aliphatic carbocycles. The summed E-state index contributed by atoms with van der Waals surface area (Å²) in [6.07, 6.45) is -1.06. The monoisotopic (exact) mass is 185 g/mol. The molecule has 0 spiro atoms. The lowest BCUT2D eigenvalue weighted by Crippen LogP contribution is -2.33. The maximum Gasteiger partial charge on any atom is 0.508 e. The zero-order chi connectivity index (χ0) is 9.84. The summed E-state index contributed by atoms with van der Waals surface area (Å²) in [5.41, 5.74) is 0.422.